The Morgan fingerprint density at radius 3 is 2.72 bits per heavy atom. The molecular weight excluding hydrogens is 314 g/mol. The van der Waals surface area contributed by atoms with Crippen LogP contribution in [-0.2, 0) is 4.79 Å². The van der Waals surface area contributed by atoms with E-state index in [4.69, 9.17) is 5.11 Å². The minimum absolute atomic E-state index is 0.0859. The van der Waals surface area contributed by atoms with E-state index in [2.05, 4.69) is 46.3 Å². The molecule has 3 rings (SSSR count). The molecule has 5 nitrogen and oxygen atoms in total. The second kappa shape index (κ2) is 8.50. The van der Waals surface area contributed by atoms with Crippen LogP contribution in [0.25, 0.3) is 0 Å². The number of hydrogen-bond donors (Lipinski definition) is 2. The van der Waals surface area contributed by atoms with Gasteiger partial charge >= 0.3 is 0 Å². The van der Waals surface area contributed by atoms with Crippen LogP contribution in [0.3, 0.4) is 0 Å². The molecule has 0 unspecified atom stereocenters. The SMILES string of the molecule is Cc1cccc(N2CCN(CCC(=O)N[C@@H]3C=C[C@H](CO)C3)CC2)c1. The first-order chi connectivity index (χ1) is 12.1. The maximum absolute atomic E-state index is 12.1. The average molecular weight is 343 g/mol. The zero-order chi connectivity index (χ0) is 17.6. The molecule has 0 aromatic heterocycles. The number of nitrogens with one attached hydrogen (secondary N) is 1. The number of aliphatic hydroxyl groups is 1. The first kappa shape index (κ1) is 18.0. The standard InChI is InChI=1S/C20H29N3O2/c1-16-3-2-4-19(13-16)23-11-9-22(10-12-23)8-7-20(25)21-18-6-5-17(14-18)15-24/h2-6,13,17-18,24H,7-12,14-15H2,1H3,(H,21,25)/t17-,18+/m0/s1. The van der Waals surface area contributed by atoms with Crippen molar-refractivity contribution in [3.63, 3.8) is 0 Å². The number of carbonyl (C=O) groups excluding carboxylic acids is 1. The largest absolute Gasteiger partial charge is 0.396 e. The third-order valence-electron chi connectivity index (χ3n) is 5.15. The molecular formula is C20H29N3O2. The number of amides is 1. The summed E-state index contributed by atoms with van der Waals surface area (Å²) < 4.78 is 0. The molecule has 1 aromatic carbocycles. The van der Waals surface area contributed by atoms with Crippen molar-refractivity contribution in [1.82, 2.24) is 10.2 Å². The fourth-order valence-electron chi connectivity index (χ4n) is 3.61. The first-order valence-electron chi connectivity index (χ1n) is 9.26. The minimum Gasteiger partial charge on any atom is -0.396 e. The third kappa shape index (κ3) is 5.06. The number of piperazine rings is 1. The fourth-order valence-corrected chi connectivity index (χ4v) is 3.61. The van der Waals surface area contributed by atoms with Gasteiger partial charge in [-0.3, -0.25) is 9.69 Å². The quantitative estimate of drug-likeness (QED) is 0.770. The summed E-state index contributed by atoms with van der Waals surface area (Å²) in [5, 5.41) is 12.2. The third-order valence-corrected chi connectivity index (χ3v) is 5.15. The number of nitrogens with zero attached hydrogens (tertiary/aromatic N) is 2. The molecule has 1 aliphatic heterocycles. The summed E-state index contributed by atoms with van der Waals surface area (Å²) in [6.45, 7) is 7.11. The van der Waals surface area contributed by atoms with E-state index in [1.54, 1.807) is 0 Å². The molecule has 25 heavy (non-hydrogen) atoms. The van der Waals surface area contributed by atoms with Gasteiger partial charge in [0.2, 0.25) is 5.91 Å². The molecule has 1 fully saturated rings. The normalized spacial score (nSPS) is 23.8. The highest BCUT2D eigenvalue weighted by molar-refractivity contribution is 5.76. The van der Waals surface area contributed by atoms with Gasteiger partial charge in [-0.25, -0.2) is 0 Å². The highest BCUT2D eigenvalue weighted by atomic mass is 16.3. The smallest absolute Gasteiger partial charge is 0.221 e. The van der Waals surface area contributed by atoms with Crippen LogP contribution in [0.2, 0.25) is 0 Å². The van der Waals surface area contributed by atoms with Crippen LogP contribution in [0.5, 0.6) is 0 Å². The van der Waals surface area contributed by atoms with E-state index < -0.39 is 0 Å². The predicted octanol–water partition coefficient (Wildman–Crippen LogP) is 1.56. The first-order valence-corrected chi connectivity index (χ1v) is 9.26. The molecule has 136 valence electrons. The molecule has 1 saturated heterocycles. The van der Waals surface area contributed by atoms with Gasteiger partial charge in [0.05, 0.1) is 0 Å². The summed E-state index contributed by atoms with van der Waals surface area (Å²) in [6, 6.07) is 8.73. The highest BCUT2D eigenvalue weighted by Crippen LogP contribution is 2.18. The Morgan fingerprint density at radius 1 is 1.24 bits per heavy atom. The van der Waals surface area contributed by atoms with Crippen LogP contribution < -0.4 is 10.2 Å². The second-order valence-corrected chi connectivity index (χ2v) is 7.15. The summed E-state index contributed by atoms with van der Waals surface area (Å²) >= 11 is 0. The summed E-state index contributed by atoms with van der Waals surface area (Å²) in [6.07, 6.45) is 5.35. The monoisotopic (exact) mass is 343 g/mol. The molecule has 0 spiro atoms. The number of benzene rings is 1. The summed E-state index contributed by atoms with van der Waals surface area (Å²) in [5.41, 5.74) is 2.59. The van der Waals surface area contributed by atoms with Crippen molar-refractivity contribution in [2.75, 3.05) is 44.2 Å². The Kier molecular flexibility index (Phi) is 6.10. The van der Waals surface area contributed by atoms with Crippen molar-refractivity contribution >= 4 is 11.6 Å². The Bertz CT molecular complexity index is 609. The van der Waals surface area contributed by atoms with Crippen LogP contribution in [-0.4, -0.2) is 61.3 Å². The highest BCUT2D eigenvalue weighted by Gasteiger charge is 2.21. The van der Waals surface area contributed by atoms with E-state index in [0.717, 1.165) is 39.1 Å². The molecule has 1 aromatic rings. The maximum Gasteiger partial charge on any atom is 0.221 e. The lowest BCUT2D eigenvalue weighted by Gasteiger charge is -2.36. The lowest BCUT2D eigenvalue weighted by atomic mass is 10.1. The van der Waals surface area contributed by atoms with Gasteiger partial charge in [-0.2, -0.15) is 0 Å². The molecule has 2 N–H and O–H groups in total. The Balaban J connectivity index is 1.36. The van der Waals surface area contributed by atoms with Crippen LogP contribution >= 0.6 is 0 Å². The topological polar surface area (TPSA) is 55.8 Å². The van der Waals surface area contributed by atoms with Crippen molar-refractivity contribution in [3.05, 3.63) is 42.0 Å². The van der Waals surface area contributed by atoms with Gasteiger partial charge in [0, 0.05) is 63.4 Å². The van der Waals surface area contributed by atoms with E-state index in [1.165, 1.54) is 11.3 Å². The second-order valence-electron chi connectivity index (χ2n) is 7.15. The predicted molar refractivity (Wildman–Crippen MR) is 101 cm³/mol. The number of hydrogen-bond acceptors (Lipinski definition) is 4. The average Bonchev–Trinajstić information content (AvgIpc) is 3.08. The zero-order valence-corrected chi connectivity index (χ0v) is 15.0. The molecule has 1 heterocycles. The summed E-state index contributed by atoms with van der Waals surface area (Å²) in [7, 11) is 0. The Hall–Kier alpha value is -1.85. The Labute approximate surface area is 150 Å². The van der Waals surface area contributed by atoms with E-state index in [9.17, 15) is 4.79 Å². The molecule has 1 aliphatic carbocycles. The Morgan fingerprint density at radius 2 is 2.04 bits per heavy atom. The zero-order valence-electron chi connectivity index (χ0n) is 15.0. The molecule has 0 radical (unpaired) electrons. The van der Waals surface area contributed by atoms with Crippen molar-refractivity contribution in [2.24, 2.45) is 5.92 Å². The summed E-state index contributed by atoms with van der Waals surface area (Å²) in [5.74, 6) is 0.300. The molecule has 1 amide bonds. The van der Waals surface area contributed by atoms with Crippen LogP contribution in [0, 0.1) is 12.8 Å². The van der Waals surface area contributed by atoms with Crippen molar-refractivity contribution in [2.45, 2.75) is 25.8 Å². The van der Waals surface area contributed by atoms with Crippen molar-refractivity contribution < 1.29 is 9.90 Å². The van der Waals surface area contributed by atoms with Gasteiger partial charge in [-0.15, -0.1) is 0 Å². The molecule has 0 bridgehead atoms. The number of anilines is 1. The molecule has 2 atom stereocenters. The number of aliphatic hydroxyl groups excluding tert-OH is 1. The lowest BCUT2D eigenvalue weighted by Crippen LogP contribution is -2.47. The van der Waals surface area contributed by atoms with E-state index in [1.807, 2.05) is 12.2 Å². The molecule has 2 aliphatic rings. The van der Waals surface area contributed by atoms with Gasteiger partial charge in [0.25, 0.3) is 0 Å². The lowest BCUT2D eigenvalue weighted by molar-refractivity contribution is -0.121. The van der Waals surface area contributed by atoms with Gasteiger partial charge in [0.15, 0.2) is 0 Å². The minimum atomic E-state index is 0.0859. The summed E-state index contributed by atoms with van der Waals surface area (Å²) in [4.78, 5) is 16.9. The number of carbonyl (C=O) groups is 1. The van der Waals surface area contributed by atoms with Crippen molar-refractivity contribution in [3.8, 4) is 0 Å². The van der Waals surface area contributed by atoms with Crippen LogP contribution in [0.1, 0.15) is 18.4 Å². The number of rotatable bonds is 6. The molecule has 0 saturated carbocycles. The van der Waals surface area contributed by atoms with Gasteiger partial charge < -0.3 is 15.3 Å². The van der Waals surface area contributed by atoms with E-state index in [0.29, 0.717) is 6.42 Å². The fraction of sp³-hybridized carbons (Fsp3) is 0.550. The number of aryl methyl sites for hydroxylation is 1. The van der Waals surface area contributed by atoms with Crippen LogP contribution in [0.4, 0.5) is 5.69 Å². The van der Waals surface area contributed by atoms with Crippen molar-refractivity contribution in [1.29, 1.82) is 0 Å². The van der Waals surface area contributed by atoms with E-state index in [-0.39, 0.29) is 24.5 Å². The molecule has 5 heteroatoms. The van der Waals surface area contributed by atoms with Gasteiger partial charge in [-0.05, 0) is 31.0 Å². The maximum atomic E-state index is 12.1. The van der Waals surface area contributed by atoms with Gasteiger partial charge in [0.1, 0.15) is 0 Å². The van der Waals surface area contributed by atoms with Crippen LogP contribution in [0.15, 0.2) is 36.4 Å². The van der Waals surface area contributed by atoms with Gasteiger partial charge in [-0.1, -0.05) is 24.3 Å². The van der Waals surface area contributed by atoms with E-state index >= 15 is 0 Å².